The van der Waals surface area contributed by atoms with E-state index in [4.69, 9.17) is 11.6 Å². The summed E-state index contributed by atoms with van der Waals surface area (Å²) in [6.07, 6.45) is 1.57. The maximum atomic E-state index is 12.0. The molecule has 2 rings (SSSR count). The molecule has 0 aliphatic carbocycles. The molecule has 2 aromatic rings. The lowest BCUT2D eigenvalue weighted by Crippen LogP contribution is -2.16. The third-order valence-electron chi connectivity index (χ3n) is 2.39. The number of nitrogens with one attached hydrogen (secondary N) is 1. The Kier molecular flexibility index (Phi) is 3.54. The van der Waals surface area contributed by atoms with Gasteiger partial charge >= 0.3 is 0 Å². The maximum absolute atomic E-state index is 12.0. The van der Waals surface area contributed by atoms with Crippen LogP contribution in [0, 0.1) is 0 Å². The number of benzene rings is 1. The molecule has 6 heteroatoms. The predicted octanol–water partition coefficient (Wildman–Crippen LogP) is 2.32. The van der Waals surface area contributed by atoms with Gasteiger partial charge in [0, 0.05) is 11.2 Å². The van der Waals surface area contributed by atoms with Crippen LogP contribution in [0.2, 0.25) is 5.02 Å². The van der Waals surface area contributed by atoms with Gasteiger partial charge in [0.15, 0.2) is 15.6 Å². The standard InChI is InChI=1S/C12H10ClNO3S/c13-9-3-5-10(6-4-9)18(16,17)8-12(15)11-2-1-7-14-11/h1-7,14H,8H2. The van der Waals surface area contributed by atoms with Crippen LogP contribution in [0.4, 0.5) is 0 Å². The minimum atomic E-state index is -3.63. The van der Waals surface area contributed by atoms with Gasteiger partial charge in [-0.15, -0.1) is 0 Å². The van der Waals surface area contributed by atoms with Crippen LogP contribution in [-0.4, -0.2) is 24.9 Å². The topological polar surface area (TPSA) is 67.0 Å². The highest BCUT2D eigenvalue weighted by Crippen LogP contribution is 2.16. The van der Waals surface area contributed by atoms with E-state index in [-0.39, 0.29) is 10.6 Å². The molecule has 1 aromatic carbocycles. The average molecular weight is 284 g/mol. The smallest absolute Gasteiger partial charge is 0.194 e. The van der Waals surface area contributed by atoms with Crippen molar-refractivity contribution in [3.05, 3.63) is 53.3 Å². The highest BCUT2D eigenvalue weighted by Gasteiger charge is 2.20. The molecule has 1 heterocycles. The molecule has 1 aromatic heterocycles. The highest BCUT2D eigenvalue weighted by molar-refractivity contribution is 7.92. The number of aromatic amines is 1. The monoisotopic (exact) mass is 283 g/mol. The molecule has 0 fully saturated rings. The number of sulfone groups is 1. The molecule has 0 bridgehead atoms. The molecule has 0 amide bonds. The number of hydrogen-bond donors (Lipinski definition) is 1. The summed E-state index contributed by atoms with van der Waals surface area (Å²) in [5.74, 6) is -1.02. The van der Waals surface area contributed by atoms with Crippen LogP contribution in [0.15, 0.2) is 47.5 Å². The SMILES string of the molecule is O=C(CS(=O)(=O)c1ccc(Cl)cc1)c1ccc[nH]1. The first-order chi connectivity index (χ1) is 8.49. The van der Waals surface area contributed by atoms with Crippen molar-refractivity contribution in [2.24, 2.45) is 0 Å². The summed E-state index contributed by atoms with van der Waals surface area (Å²) in [5.41, 5.74) is 0.285. The molecule has 0 spiro atoms. The lowest BCUT2D eigenvalue weighted by atomic mass is 10.3. The minimum Gasteiger partial charge on any atom is -0.359 e. The number of hydrogen-bond acceptors (Lipinski definition) is 3. The van der Waals surface area contributed by atoms with E-state index in [9.17, 15) is 13.2 Å². The molecule has 94 valence electrons. The van der Waals surface area contributed by atoms with Gasteiger partial charge in [0.2, 0.25) is 0 Å². The molecule has 0 saturated carbocycles. The van der Waals surface area contributed by atoms with Crippen LogP contribution in [0.25, 0.3) is 0 Å². The second-order valence-electron chi connectivity index (χ2n) is 3.72. The van der Waals surface area contributed by atoms with Gasteiger partial charge in [-0.25, -0.2) is 8.42 Å². The summed E-state index contributed by atoms with van der Waals surface area (Å²) in [7, 11) is -3.63. The van der Waals surface area contributed by atoms with Gasteiger partial charge < -0.3 is 4.98 Å². The first-order valence-corrected chi connectivity index (χ1v) is 7.17. The number of H-pyrrole nitrogens is 1. The highest BCUT2D eigenvalue weighted by atomic mass is 35.5. The van der Waals surface area contributed by atoms with Crippen LogP contribution in [0.3, 0.4) is 0 Å². The summed E-state index contributed by atoms with van der Waals surface area (Å²) in [5, 5.41) is 0.449. The number of aromatic nitrogens is 1. The summed E-state index contributed by atoms with van der Waals surface area (Å²) in [4.78, 5) is 14.5. The van der Waals surface area contributed by atoms with E-state index < -0.39 is 21.4 Å². The van der Waals surface area contributed by atoms with Crippen molar-refractivity contribution in [1.82, 2.24) is 4.98 Å². The van der Waals surface area contributed by atoms with Gasteiger partial charge in [-0.05, 0) is 36.4 Å². The van der Waals surface area contributed by atoms with Crippen molar-refractivity contribution < 1.29 is 13.2 Å². The molecular formula is C12H10ClNO3S. The van der Waals surface area contributed by atoms with Gasteiger partial charge in [0.05, 0.1) is 10.6 Å². The summed E-state index contributed by atoms with van der Waals surface area (Å²) in [6, 6.07) is 8.92. The third kappa shape index (κ3) is 2.80. The molecule has 0 saturated heterocycles. The van der Waals surface area contributed by atoms with E-state index in [1.807, 2.05) is 0 Å². The molecule has 0 aliphatic rings. The molecule has 18 heavy (non-hydrogen) atoms. The second-order valence-corrected chi connectivity index (χ2v) is 6.15. The fourth-order valence-corrected chi connectivity index (χ4v) is 2.82. The Morgan fingerprint density at radius 2 is 1.83 bits per heavy atom. The fraction of sp³-hybridized carbons (Fsp3) is 0.0833. The quantitative estimate of drug-likeness (QED) is 0.876. The Bertz CT molecular complexity index is 645. The van der Waals surface area contributed by atoms with Crippen LogP contribution in [-0.2, 0) is 9.84 Å². The summed E-state index contributed by atoms with van der Waals surface area (Å²) >= 11 is 5.68. The van der Waals surface area contributed by atoms with Crippen molar-refractivity contribution >= 4 is 27.2 Å². The Morgan fingerprint density at radius 3 is 2.39 bits per heavy atom. The van der Waals surface area contributed by atoms with Gasteiger partial charge in [-0.1, -0.05) is 11.6 Å². The van der Waals surface area contributed by atoms with E-state index >= 15 is 0 Å². The lowest BCUT2D eigenvalue weighted by Gasteiger charge is -2.03. The zero-order chi connectivity index (χ0) is 13.2. The van der Waals surface area contributed by atoms with Crippen molar-refractivity contribution in [2.75, 3.05) is 5.75 Å². The molecular weight excluding hydrogens is 274 g/mol. The maximum Gasteiger partial charge on any atom is 0.194 e. The minimum absolute atomic E-state index is 0.0896. The normalized spacial score (nSPS) is 11.4. The molecule has 0 unspecified atom stereocenters. The molecule has 0 atom stereocenters. The van der Waals surface area contributed by atoms with Gasteiger partial charge in [-0.2, -0.15) is 0 Å². The summed E-state index contributed by atoms with van der Waals surface area (Å²) in [6.45, 7) is 0. The van der Waals surface area contributed by atoms with E-state index in [0.717, 1.165) is 0 Å². The van der Waals surface area contributed by atoms with Crippen LogP contribution in [0.1, 0.15) is 10.5 Å². The number of ketones is 1. The predicted molar refractivity (Wildman–Crippen MR) is 68.6 cm³/mol. The second kappa shape index (κ2) is 4.96. The van der Waals surface area contributed by atoms with Crippen molar-refractivity contribution in [3.63, 3.8) is 0 Å². The van der Waals surface area contributed by atoms with E-state index in [1.54, 1.807) is 18.3 Å². The van der Waals surface area contributed by atoms with Gasteiger partial charge in [-0.3, -0.25) is 4.79 Å². The summed E-state index contributed by atoms with van der Waals surface area (Å²) < 4.78 is 23.9. The Labute approximate surface area is 110 Å². The Balaban J connectivity index is 2.22. The molecule has 4 nitrogen and oxygen atoms in total. The van der Waals surface area contributed by atoms with Crippen molar-refractivity contribution in [2.45, 2.75) is 4.90 Å². The molecule has 1 N–H and O–H groups in total. The number of Topliss-reactive ketones (excluding diaryl/α,β-unsaturated/α-hetero) is 1. The number of carbonyl (C=O) groups excluding carboxylic acids is 1. The zero-order valence-corrected chi connectivity index (χ0v) is 10.8. The van der Waals surface area contributed by atoms with Crippen LogP contribution < -0.4 is 0 Å². The average Bonchev–Trinajstić information content (AvgIpc) is 2.82. The van der Waals surface area contributed by atoms with E-state index in [1.165, 1.54) is 24.3 Å². The Morgan fingerprint density at radius 1 is 1.17 bits per heavy atom. The number of carbonyl (C=O) groups is 1. The first-order valence-electron chi connectivity index (χ1n) is 5.14. The fourth-order valence-electron chi connectivity index (χ4n) is 1.48. The van der Waals surface area contributed by atoms with Gasteiger partial charge in [0.25, 0.3) is 0 Å². The largest absolute Gasteiger partial charge is 0.359 e. The molecule has 0 aliphatic heterocycles. The number of halogens is 1. The van der Waals surface area contributed by atoms with E-state index in [0.29, 0.717) is 5.02 Å². The van der Waals surface area contributed by atoms with Crippen molar-refractivity contribution in [3.8, 4) is 0 Å². The van der Waals surface area contributed by atoms with Crippen LogP contribution in [0.5, 0.6) is 0 Å². The molecule has 0 radical (unpaired) electrons. The van der Waals surface area contributed by atoms with Gasteiger partial charge in [0.1, 0.15) is 5.75 Å². The van der Waals surface area contributed by atoms with Crippen molar-refractivity contribution in [1.29, 1.82) is 0 Å². The third-order valence-corrected chi connectivity index (χ3v) is 4.28. The first kappa shape index (κ1) is 12.9. The zero-order valence-electron chi connectivity index (χ0n) is 9.26. The lowest BCUT2D eigenvalue weighted by molar-refractivity contribution is 0.101. The van der Waals surface area contributed by atoms with E-state index in [2.05, 4.69) is 4.98 Å². The number of rotatable bonds is 4. The Hall–Kier alpha value is -1.59. The van der Waals surface area contributed by atoms with Crippen LogP contribution >= 0.6 is 11.6 Å².